The zero-order chi connectivity index (χ0) is 14.1. The summed E-state index contributed by atoms with van der Waals surface area (Å²) in [6.45, 7) is 5.22. The Labute approximate surface area is 116 Å². The molecule has 0 bridgehead atoms. The van der Waals surface area contributed by atoms with Crippen LogP contribution in [0.5, 0.6) is 0 Å². The third-order valence-corrected chi connectivity index (χ3v) is 3.45. The molecule has 4 heteroatoms. The van der Waals surface area contributed by atoms with Crippen LogP contribution in [-0.4, -0.2) is 36.5 Å². The van der Waals surface area contributed by atoms with Gasteiger partial charge < -0.3 is 14.6 Å². The van der Waals surface area contributed by atoms with Gasteiger partial charge >= 0.3 is 0 Å². The number of carbonyl (C=O) groups excluding carboxylic acids is 1. The molecule has 1 heterocycles. The van der Waals surface area contributed by atoms with Gasteiger partial charge in [0.15, 0.2) is 6.29 Å². The Kier molecular flexibility index (Phi) is 8.26. The van der Waals surface area contributed by atoms with Gasteiger partial charge in [0.05, 0.1) is 6.10 Å². The molecule has 2 atom stereocenters. The lowest BCUT2D eigenvalue weighted by molar-refractivity contribution is -0.162. The first-order valence-corrected chi connectivity index (χ1v) is 7.53. The molecule has 112 valence electrons. The highest BCUT2D eigenvalue weighted by Crippen LogP contribution is 2.14. The fourth-order valence-electron chi connectivity index (χ4n) is 2.11. The SMILES string of the molecule is CC(C)C(=O)CC(O)CCCCOC1CCCCO1. The number of Topliss-reactive ketones (excluding diaryl/α,β-unsaturated/α-hetero) is 1. The number of rotatable bonds is 9. The largest absolute Gasteiger partial charge is 0.393 e. The van der Waals surface area contributed by atoms with Crippen LogP contribution in [0.1, 0.15) is 58.8 Å². The van der Waals surface area contributed by atoms with E-state index < -0.39 is 6.10 Å². The summed E-state index contributed by atoms with van der Waals surface area (Å²) in [6.07, 6.45) is 5.54. The van der Waals surface area contributed by atoms with Gasteiger partial charge in [0.2, 0.25) is 0 Å². The molecule has 0 saturated carbocycles. The van der Waals surface area contributed by atoms with E-state index in [0.29, 0.717) is 13.0 Å². The van der Waals surface area contributed by atoms with E-state index in [1.165, 1.54) is 6.42 Å². The average molecular weight is 272 g/mol. The van der Waals surface area contributed by atoms with Gasteiger partial charge in [-0.3, -0.25) is 4.79 Å². The van der Waals surface area contributed by atoms with E-state index in [2.05, 4.69) is 0 Å². The Balaban J connectivity index is 1.96. The topological polar surface area (TPSA) is 55.8 Å². The number of hydrogen-bond donors (Lipinski definition) is 1. The summed E-state index contributed by atoms with van der Waals surface area (Å²) in [6, 6.07) is 0. The van der Waals surface area contributed by atoms with Crippen molar-refractivity contribution in [1.82, 2.24) is 0 Å². The zero-order valence-corrected chi connectivity index (χ0v) is 12.3. The minimum absolute atomic E-state index is 0.0152. The van der Waals surface area contributed by atoms with E-state index >= 15 is 0 Å². The molecule has 4 nitrogen and oxygen atoms in total. The van der Waals surface area contributed by atoms with Gasteiger partial charge in [-0.05, 0) is 38.5 Å². The molecule has 1 N–H and O–H groups in total. The normalized spacial score (nSPS) is 21.6. The molecule has 1 saturated heterocycles. The van der Waals surface area contributed by atoms with Crippen LogP contribution in [0.15, 0.2) is 0 Å². The molecule has 0 aromatic rings. The molecule has 0 aromatic heterocycles. The molecular formula is C15H28O4. The average Bonchev–Trinajstić information content (AvgIpc) is 2.39. The smallest absolute Gasteiger partial charge is 0.157 e. The second-order valence-corrected chi connectivity index (χ2v) is 5.64. The van der Waals surface area contributed by atoms with Crippen molar-refractivity contribution in [2.24, 2.45) is 5.92 Å². The Hall–Kier alpha value is -0.450. The number of hydrogen-bond acceptors (Lipinski definition) is 4. The van der Waals surface area contributed by atoms with Crippen LogP contribution in [-0.2, 0) is 14.3 Å². The predicted octanol–water partition coefficient (Wildman–Crippen LogP) is 2.68. The van der Waals surface area contributed by atoms with E-state index in [-0.39, 0.29) is 24.4 Å². The molecule has 1 aliphatic heterocycles. The Morgan fingerprint density at radius 2 is 2.16 bits per heavy atom. The molecule has 1 aliphatic rings. The number of ether oxygens (including phenoxy) is 2. The molecular weight excluding hydrogens is 244 g/mol. The van der Waals surface area contributed by atoms with Crippen molar-refractivity contribution >= 4 is 5.78 Å². The maximum atomic E-state index is 11.4. The van der Waals surface area contributed by atoms with E-state index in [4.69, 9.17) is 9.47 Å². The van der Waals surface area contributed by atoms with Crippen molar-refractivity contribution in [3.05, 3.63) is 0 Å². The minimum Gasteiger partial charge on any atom is -0.393 e. The maximum absolute atomic E-state index is 11.4. The minimum atomic E-state index is -0.499. The molecule has 0 amide bonds. The number of aliphatic hydroxyl groups is 1. The lowest BCUT2D eigenvalue weighted by atomic mass is 10.0. The van der Waals surface area contributed by atoms with E-state index in [0.717, 1.165) is 32.3 Å². The summed E-state index contributed by atoms with van der Waals surface area (Å²) in [5, 5.41) is 9.73. The van der Waals surface area contributed by atoms with Crippen molar-refractivity contribution in [3.63, 3.8) is 0 Å². The number of ketones is 1. The Bertz CT molecular complexity index is 247. The van der Waals surface area contributed by atoms with Crippen molar-refractivity contribution in [2.45, 2.75) is 71.2 Å². The van der Waals surface area contributed by atoms with Crippen molar-refractivity contribution < 1.29 is 19.4 Å². The third-order valence-electron chi connectivity index (χ3n) is 3.45. The second-order valence-electron chi connectivity index (χ2n) is 5.64. The van der Waals surface area contributed by atoms with Gasteiger partial charge in [-0.2, -0.15) is 0 Å². The van der Waals surface area contributed by atoms with Gasteiger partial charge in [-0.1, -0.05) is 13.8 Å². The third kappa shape index (κ3) is 7.65. The predicted molar refractivity (Wildman–Crippen MR) is 73.9 cm³/mol. The first kappa shape index (κ1) is 16.6. The molecule has 0 aromatic carbocycles. The van der Waals surface area contributed by atoms with Crippen LogP contribution in [0.2, 0.25) is 0 Å². The highest BCUT2D eigenvalue weighted by atomic mass is 16.7. The van der Waals surface area contributed by atoms with Crippen molar-refractivity contribution in [3.8, 4) is 0 Å². The van der Waals surface area contributed by atoms with Crippen LogP contribution in [0, 0.1) is 5.92 Å². The number of carbonyl (C=O) groups is 1. The first-order chi connectivity index (χ1) is 9.09. The van der Waals surface area contributed by atoms with Crippen LogP contribution in [0.4, 0.5) is 0 Å². The standard InChI is InChI=1S/C15H28O4/c1-12(2)14(17)11-13(16)7-3-5-9-18-15-8-4-6-10-19-15/h12-13,15-16H,3-11H2,1-2H3. The van der Waals surface area contributed by atoms with E-state index in [1.54, 1.807) is 0 Å². The molecule has 0 radical (unpaired) electrons. The highest BCUT2D eigenvalue weighted by molar-refractivity contribution is 5.80. The van der Waals surface area contributed by atoms with E-state index in [1.807, 2.05) is 13.8 Å². The summed E-state index contributed by atoms with van der Waals surface area (Å²) in [7, 11) is 0. The van der Waals surface area contributed by atoms with Crippen LogP contribution < -0.4 is 0 Å². The Morgan fingerprint density at radius 1 is 1.37 bits per heavy atom. The second kappa shape index (κ2) is 9.45. The molecule has 1 fully saturated rings. The number of unbranched alkanes of at least 4 members (excludes halogenated alkanes) is 1. The maximum Gasteiger partial charge on any atom is 0.157 e. The summed E-state index contributed by atoms with van der Waals surface area (Å²) in [5.41, 5.74) is 0. The fourth-order valence-corrected chi connectivity index (χ4v) is 2.11. The van der Waals surface area contributed by atoms with Gasteiger partial charge in [0.25, 0.3) is 0 Å². The Morgan fingerprint density at radius 3 is 2.79 bits per heavy atom. The molecule has 1 rings (SSSR count). The van der Waals surface area contributed by atoms with Crippen LogP contribution in [0.25, 0.3) is 0 Å². The summed E-state index contributed by atoms with van der Waals surface area (Å²) >= 11 is 0. The monoisotopic (exact) mass is 272 g/mol. The van der Waals surface area contributed by atoms with Gasteiger partial charge in [0.1, 0.15) is 5.78 Å². The molecule has 0 spiro atoms. The summed E-state index contributed by atoms with van der Waals surface area (Å²) < 4.78 is 11.1. The van der Waals surface area contributed by atoms with E-state index in [9.17, 15) is 9.90 Å². The lowest BCUT2D eigenvalue weighted by Gasteiger charge is -2.22. The number of aliphatic hydroxyl groups excluding tert-OH is 1. The van der Waals surface area contributed by atoms with Gasteiger partial charge in [0, 0.05) is 25.6 Å². The fraction of sp³-hybridized carbons (Fsp3) is 0.933. The van der Waals surface area contributed by atoms with Crippen LogP contribution >= 0.6 is 0 Å². The van der Waals surface area contributed by atoms with Gasteiger partial charge in [-0.15, -0.1) is 0 Å². The summed E-state index contributed by atoms with van der Waals surface area (Å²) in [4.78, 5) is 11.4. The van der Waals surface area contributed by atoms with Gasteiger partial charge in [-0.25, -0.2) is 0 Å². The molecule has 19 heavy (non-hydrogen) atoms. The van der Waals surface area contributed by atoms with Crippen LogP contribution in [0.3, 0.4) is 0 Å². The molecule has 0 aliphatic carbocycles. The van der Waals surface area contributed by atoms with Crippen molar-refractivity contribution in [2.75, 3.05) is 13.2 Å². The lowest BCUT2D eigenvalue weighted by Crippen LogP contribution is -2.22. The summed E-state index contributed by atoms with van der Waals surface area (Å²) in [5.74, 6) is 0.154. The highest BCUT2D eigenvalue weighted by Gasteiger charge is 2.15. The molecule has 2 unspecified atom stereocenters. The van der Waals surface area contributed by atoms with Crippen molar-refractivity contribution in [1.29, 1.82) is 0 Å². The quantitative estimate of drug-likeness (QED) is 0.656. The first-order valence-electron chi connectivity index (χ1n) is 7.53. The zero-order valence-electron chi connectivity index (χ0n) is 12.3.